The second kappa shape index (κ2) is 8.12. The molecule has 0 saturated carbocycles. The number of methoxy groups -OCH3 is 1. The van der Waals surface area contributed by atoms with Gasteiger partial charge in [-0.1, -0.05) is 19.1 Å². The summed E-state index contributed by atoms with van der Waals surface area (Å²) in [6.45, 7) is 1.78. The van der Waals surface area contributed by atoms with Gasteiger partial charge >= 0.3 is 0 Å². The summed E-state index contributed by atoms with van der Waals surface area (Å²) >= 11 is 2.84. The standard InChI is InChI=1S/C19H21NO4S3/c1-3-14-6-7-16(24-2)17(11-14)27(22,23)20-13-19(21,15-8-10-25-12-15)18-5-4-9-26-18/h4-12,20-21H,3,13H2,1-2H3. The van der Waals surface area contributed by atoms with E-state index >= 15 is 0 Å². The molecule has 3 aromatic rings. The quantitative estimate of drug-likeness (QED) is 0.581. The fourth-order valence-corrected chi connectivity index (χ4v) is 5.62. The Morgan fingerprint density at radius 1 is 1.22 bits per heavy atom. The molecular weight excluding hydrogens is 402 g/mol. The monoisotopic (exact) mass is 423 g/mol. The Hall–Kier alpha value is -1.71. The van der Waals surface area contributed by atoms with E-state index in [2.05, 4.69) is 4.72 Å². The first-order chi connectivity index (χ1) is 12.9. The molecule has 0 saturated heterocycles. The van der Waals surface area contributed by atoms with Gasteiger partial charge in [-0.3, -0.25) is 0 Å². The Balaban J connectivity index is 1.94. The second-order valence-electron chi connectivity index (χ2n) is 6.01. The summed E-state index contributed by atoms with van der Waals surface area (Å²) in [5.41, 5.74) is 0.117. The molecule has 0 fully saturated rings. The summed E-state index contributed by atoms with van der Waals surface area (Å²) in [6.07, 6.45) is 0.709. The average Bonchev–Trinajstić information content (AvgIpc) is 3.40. The zero-order chi connectivity index (χ0) is 19.5. The number of rotatable bonds is 8. The fraction of sp³-hybridized carbons (Fsp3) is 0.263. The van der Waals surface area contributed by atoms with Crippen LogP contribution in [0.15, 0.2) is 57.4 Å². The van der Waals surface area contributed by atoms with Crippen LogP contribution in [0.1, 0.15) is 22.9 Å². The number of thiophene rings is 2. The van der Waals surface area contributed by atoms with Crippen LogP contribution in [-0.2, 0) is 22.0 Å². The number of aliphatic hydroxyl groups is 1. The van der Waals surface area contributed by atoms with Gasteiger partial charge in [-0.05, 0) is 52.4 Å². The summed E-state index contributed by atoms with van der Waals surface area (Å²) in [6, 6.07) is 10.5. The lowest BCUT2D eigenvalue weighted by molar-refractivity contribution is 0.0903. The fourth-order valence-electron chi connectivity index (χ4n) is 2.77. The molecule has 0 bridgehead atoms. The maximum Gasteiger partial charge on any atom is 0.244 e. The Morgan fingerprint density at radius 2 is 2.04 bits per heavy atom. The lowest BCUT2D eigenvalue weighted by Gasteiger charge is -2.27. The van der Waals surface area contributed by atoms with Crippen LogP contribution in [0.2, 0.25) is 0 Å². The number of ether oxygens (including phenoxy) is 1. The molecule has 0 aliphatic heterocycles. The van der Waals surface area contributed by atoms with Crippen molar-refractivity contribution in [1.82, 2.24) is 4.72 Å². The molecule has 5 nitrogen and oxygen atoms in total. The molecular formula is C19H21NO4S3. The third kappa shape index (κ3) is 4.09. The normalized spacial score (nSPS) is 14.0. The van der Waals surface area contributed by atoms with Gasteiger partial charge in [-0.15, -0.1) is 11.3 Å². The van der Waals surface area contributed by atoms with Gasteiger partial charge in [0.2, 0.25) is 10.0 Å². The predicted octanol–water partition coefficient (Wildman–Crippen LogP) is 3.60. The van der Waals surface area contributed by atoms with Gasteiger partial charge in [0, 0.05) is 17.0 Å². The Morgan fingerprint density at radius 3 is 2.63 bits per heavy atom. The van der Waals surface area contributed by atoms with Gasteiger partial charge < -0.3 is 9.84 Å². The van der Waals surface area contributed by atoms with Gasteiger partial charge in [-0.25, -0.2) is 13.1 Å². The summed E-state index contributed by atoms with van der Waals surface area (Å²) in [7, 11) is -2.44. The molecule has 2 aromatic heterocycles. The van der Waals surface area contributed by atoms with Crippen LogP contribution >= 0.6 is 22.7 Å². The van der Waals surface area contributed by atoms with E-state index < -0.39 is 15.6 Å². The van der Waals surface area contributed by atoms with E-state index in [1.54, 1.807) is 24.3 Å². The lowest BCUT2D eigenvalue weighted by atomic mass is 9.95. The molecule has 0 spiro atoms. The molecule has 2 heterocycles. The zero-order valence-electron chi connectivity index (χ0n) is 15.0. The van der Waals surface area contributed by atoms with Crippen molar-refractivity contribution < 1.29 is 18.3 Å². The summed E-state index contributed by atoms with van der Waals surface area (Å²) < 4.78 is 33.7. The number of hydrogen-bond acceptors (Lipinski definition) is 6. The van der Waals surface area contributed by atoms with E-state index in [4.69, 9.17) is 4.74 Å². The van der Waals surface area contributed by atoms with Crippen molar-refractivity contribution in [1.29, 1.82) is 0 Å². The van der Waals surface area contributed by atoms with E-state index in [1.165, 1.54) is 29.8 Å². The minimum absolute atomic E-state index is 0.0724. The van der Waals surface area contributed by atoms with Gasteiger partial charge in [0.05, 0.1) is 7.11 Å². The number of sulfonamides is 1. The maximum atomic E-state index is 13.0. The highest BCUT2D eigenvalue weighted by molar-refractivity contribution is 7.89. The Kier molecular flexibility index (Phi) is 6.02. The third-order valence-corrected chi connectivity index (χ3v) is 7.50. The highest BCUT2D eigenvalue weighted by atomic mass is 32.2. The average molecular weight is 424 g/mol. The van der Waals surface area contributed by atoms with Crippen LogP contribution in [0.25, 0.3) is 0 Å². The molecule has 0 amide bonds. The molecule has 27 heavy (non-hydrogen) atoms. The van der Waals surface area contributed by atoms with Crippen LogP contribution in [0.5, 0.6) is 5.75 Å². The molecule has 0 radical (unpaired) electrons. The van der Waals surface area contributed by atoms with Crippen LogP contribution in [0.3, 0.4) is 0 Å². The zero-order valence-corrected chi connectivity index (χ0v) is 17.5. The predicted molar refractivity (Wildman–Crippen MR) is 109 cm³/mol. The van der Waals surface area contributed by atoms with Crippen molar-refractivity contribution in [3.05, 3.63) is 68.5 Å². The molecule has 8 heteroatoms. The smallest absolute Gasteiger partial charge is 0.244 e. The topological polar surface area (TPSA) is 75.6 Å². The van der Waals surface area contributed by atoms with E-state index in [0.29, 0.717) is 16.9 Å². The summed E-state index contributed by atoms with van der Waals surface area (Å²) in [5.74, 6) is 0.273. The first kappa shape index (κ1) is 20.0. The first-order valence-electron chi connectivity index (χ1n) is 8.36. The summed E-state index contributed by atoms with van der Waals surface area (Å²) in [4.78, 5) is 0.751. The Bertz CT molecular complexity index is 946. The van der Waals surface area contributed by atoms with Gasteiger partial charge in [0.15, 0.2) is 0 Å². The first-order valence-corrected chi connectivity index (χ1v) is 11.7. The minimum atomic E-state index is -3.88. The highest BCUT2D eigenvalue weighted by Crippen LogP contribution is 2.34. The van der Waals surface area contributed by atoms with Gasteiger partial charge in [0.1, 0.15) is 16.2 Å². The number of benzene rings is 1. The second-order valence-corrected chi connectivity index (χ2v) is 9.48. The molecule has 1 atom stereocenters. The van der Waals surface area contributed by atoms with E-state index in [-0.39, 0.29) is 17.2 Å². The van der Waals surface area contributed by atoms with Gasteiger partial charge in [-0.2, -0.15) is 11.3 Å². The van der Waals surface area contributed by atoms with E-state index in [9.17, 15) is 13.5 Å². The lowest BCUT2D eigenvalue weighted by Crippen LogP contribution is -2.41. The molecule has 144 valence electrons. The van der Waals surface area contributed by atoms with Crippen LogP contribution in [-0.4, -0.2) is 27.2 Å². The Labute approximate surface area is 167 Å². The highest BCUT2D eigenvalue weighted by Gasteiger charge is 2.35. The van der Waals surface area contributed by atoms with Crippen molar-refractivity contribution in [3.63, 3.8) is 0 Å². The maximum absolute atomic E-state index is 13.0. The van der Waals surface area contributed by atoms with Crippen LogP contribution in [0.4, 0.5) is 0 Å². The molecule has 2 N–H and O–H groups in total. The summed E-state index contributed by atoms with van der Waals surface area (Å²) in [5, 5.41) is 16.9. The van der Waals surface area contributed by atoms with Crippen molar-refractivity contribution >= 4 is 32.7 Å². The molecule has 1 aromatic carbocycles. The van der Waals surface area contributed by atoms with Crippen LogP contribution in [0, 0.1) is 0 Å². The SMILES string of the molecule is CCc1ccc(OC)c(S(=O)(=O)NCC(O)(c2ccsc2)c2cccs2)c1. The van der Waals surface area contributed by atoms with Crippen molar-refractivity contribution in [2.75, 3.05) is 13.7 Å². The van der Waals surface area contributed by atoms with E-state index in [0.717, 1.165) is 5.56 Å². The molecule has 3 rings (SSSR count). The van der Waals surface area contributed by atoms with Crippen LogP contribution < -0.4 is 9.46 Å². The van der Waals surface area contributed by atoms with Crippen molar-refractivity contribution in [3.8, 4) is 5.75 Å². The van der Waals surface area contributed by atoms with Crippen molar-refractivity contribution in [2.24, 2.45) is 0 Å². The third-order valence-electron chi connectivity index (χ3n) is 4.37. The molecule has 0 aliphatic rings. The van der Waals surface area contributed by atoms with E-state index in [1.807, 2.05) is 35.2 Å². The molecule has 0 aliphatic carbocycles. The minimum Gasteiger partial charge on any atom is -0.495 e. The number of aryl methyl sites for hydroxylation is 1. The number of nitrogens with one attached hydrogen (secondary N) is 1. The van der Waals surface area contributed by atoms with Gasteiger partial charge in [0.25, 0.3) is 0 Å². The largest absolute Gasteiger partial charge is 0.495 e. The van der Waals surface area contributed by atoms with Crippen molar-refractivity contribution in [2.45, 2.75) is 23.8 Å². The number of hydrogen-bond donors (Lipinski definition) is 2. The molecule has 1 unspecified atom stereocenters.